The summed E-state index contributed by atoms with van der Waals surface area (Å²) in [6.07, 6.45) is 5.40. The van der Waals surface area contributed by atoms with Crippen molar-refractivity contribution < 1.29 is 4.79 Å². The third-order valence-electron chi connectivity index (χ3n) is 2.34. The van der Waals surface area contributed by atoms with E-state index in [2.05, 4.69) is 43.3 Å². The van der Waals surface area contributed by atoms with Crippen molar-refractivity contribution in [2.75, 3.05) is 11.9 Å². The number of pyridine rings is 1. The zero-order valence-electron chi connectivity index (χ0n) is 11.7. The first-order valence-corrected chi connectivity index (χ1v) is 6.44. The van der Waals surface area contributed by atoms with Gasteiger partial charge < -0.3 is 10.6 Å². The molecule has 1 aromatic rings. The Kier molecular flexibility index (Phi) is 5.13. The molecule has 0 radical (unpaired) electrons. The molecule has 100 valence electrons. The summed E-state index contributed by atoms with van der Waals surface area (Å²) < 4.78 is 0. The average molecular weight is 249 g/mol. The summed E-state index contributed by atoms with van der Waals surface area (Å²) in [5.74, 6) is -0.0616. The highest BCUT2D eigenvalue weighted by Gasteiger charge is 2.11. The number of carbonyl (C=O) groups is 1. The number of rotatable bonds is 5. The van der Waals surface area contributed by atoms with Gasteiger partial charge in [0.1, 0.15) is 0 Å². The molecule has 4 heteroatoms. The highest BCUT2D eigenvalue weighted by Crippen LogP contribution is 2.14. The number of hydrogen-bond donors (Lipinski definition) is 2. The van der Waals surface area contributed by atoms with Gasteiger partial charge >= 0.3 is 0 Å². The molecule has 1 amide bonds. The van der Waals surface area contributed by atoms with Crippen molar-refractivity contribution >= 4 is 11.6 Å². The summed E-state index contributed by atoms with van der Waals surface area (Å²) in [4.78, 5) is 16.0. The van der Waals surface area contributed by atoms with Gasteiger partial charge in [0.2, 0.25) is 0 Å². The lowest BCUT2D eigenvalue weighted by Crippen LogP contribution is -2.27. The average Bonchev–Trinajstić information content (AvgIpc) is 2.27. The van der Waals surface area contributed by atoms with Gasteiger partial charge in [0.05, 0.1) is 11.3 Å². The number of aromatic nitrogens is 1. The molecule has 4 nitrogen and oxygen atoms in total. The van der Waals surface area contributed by atoms with Crippen LogP contribution in [0, 0.1) is 0 Å². The van der Waals surface area contributed by atoms with E-state index in [4.69, 9.17) is 0 Å². The third-order valence-corrected chi connectivity index (χ3v) is 2.34. The molecule has 0 bridgehead atoms. The number of nitrogens with one attached hydrogen (secondary N) is 2. The first-order valence-electron chi connectivity index (χ1n) is 6.44. The number of hydrogen-bond acceptors (Lipinski definition) is 3. The van der Waals surface area contributed by atoms with Crippen LogP contribution in [0.1, 0.15) is 50.9 Å². The molecule has 0 saturated carbocycles. The van der Waals surface area contributed by atoms with Gasteiger partial charge in [-0.25, -0.2) is 0 Å². The predicted octanol–water partition coefficient (Wildman–Crippen LogP) is 2.82. The van der Waals surface area contributed by atoms with Gasteiger partial charge in [-0.15, -0.1) is 0 Å². The fraction of sp³-hybridized carbons (Fsp3) is 0.571. The quantitative estimate of drug-likeness (QED) is 0.789. The second-order valence-corrected chi connectivity index (χ2v) is 5.45. The highest BCUT2D eigenvalue weighted by atomic mass is 16.1. The second kappa shape index (κ2) is 6.38. The van der Waals surface area contributed by atoms with Crippen LogP contribution >= 0.6 is 0 Å². The van der Waals surface area contributed by atoms with E-state index in [-0.39, 0.29) is 11.4 Å². The Hall–Kier alpha value is -1.58. The Morgan fingerprint density at radius 2 is 2.06 bits per heavy atom. The Bertz CT molecular complexity index is 396. The molecule has 0 aliphatic heterocycles. The van der Waals surface area contributed by atoms with Crippen LogP contribution in [0.2, 0.25) is 0 Å². The zero-order valence-corrected chi connectivity index (χ0v) is 11.7. The van der Waals surface area contributed by atoms with Crippen LogP contribution in [-0.2, 0) is 0 Å². The molecule has 0 atom stereocenters. The Morgan fingerprint density at radius 3 is 2.67 bits per heavy atom. The van der Waals surface area contributed by atoms with Crippen molar-refractivity contribution in [3.63, 3.8) is 0 Å². The summed E-state index contributed by atoms with van der Waals surface area (Å²) in [6.45, 7) is 9.02. The maximum absolute atomic E-state index is 11.9. The normalized spacial score (nSPS) is 11.1. The summed E-state index contributed by atoms with van der Waals surface area (Å²) in [5, 5.41) is 6.18. The molecular formula is C14H23N3O. The second-order valence-electron chi connectivity index (χ2n) is 5.45. The zero-order chi connectivity index (χ0) is 13.6. The SMILES string of the molecule is CCCCNC(=O)c1cncc(NC(C)(C)C)c1. The maximum atomic E-state index is 11.9. The number of amides is 1. The first kappa shape index (κ1) is 14.5. The van der Waals surface area contributed by atoms with Crippen molar-refractivity contribution in [2.45, 2.75) is 46.1 Å². The lowest BCUT2D eigenvalue weighted by molar-refractivity contribution is 0.0953. The summed E-state index contributed by atoms with van der Waals surface area (Å²) in [5.41, 5.74) is 1.42. The van der Waals surface area contributed by atoms with Crippen LogP contribution in [0.3, 0.4) is 0 Å². The summed E-state index contributed by atoms with van der Waals surface area (Å²) in [7, 11) is 0. The van der Waals surface area contributed by atoms with Gasteiger partial charge in [-0.3, -0.25) is 9.78 Å². The van der Waals surface area contributed by atoms with Crippen LogP contribution < -0.4 is 10.6 Å². The van der Waals surface area contributed by atoms with Crippen LogP contribution in [0.15, 0.2) is 18.5 Å². The molecule has 0 aromatic carbocycles. The third kappa shape index (κ3) is 5.17. The molecule has 1 heterocycles. The largest absolute Gasteiger partial charge is 0.379 e. The van der Waals surface area contributed by atoms with Crippen molar-refractivity contribution in [1.82, 2.24) is 10.3 Å². The standard InChI is InChI=1S/C14H23N3O/c1-5-6-7-16-13(18)11-8-12(10-15-9-11)17-14(2,3)4/h8-10,17H,5-7H2,1-4H3,(H,16,18). The van der Waals surface area contributed by atoms with E-state index in [0.717, 1.165) is 18.5 Å². The Morgan fingerprint density at radius 1 is 1.33 bits per heavy atom. The highest BCUT2D eigenvalue weighted by molar-refractivity contribution is 5.94. The molecule has 0 aliphatic rings. The summed E-state index contributed by atoms with van der Waals surface area (Å²) >= 11 is 0. The molecule has 0 fully saturated rings. The van der Waals surface area contributed by atoms with E-state index in [0.29, 0.717) is 12.1 Å². The van der Waals surface area contributed by atoms with E-state index >= 15 is 0 Å². The van der Waals surface area contributed by atoms with Crippen molar-refractivity contribution in [3.05, 3.63) is 24.0 Å². The molecule has 0 unspecified atom stereocenters. The van der Waals surface area contributed by atoms with Crippen LogP contribution in [-0.4, -0.2) is 23.0 Å². The van der Waals surface area contributed by atoms with Crippen molar-refractivity contribution in [2.24, 2.45) is 0 Å². The number of unbranched alkanes of at least 4 members (excludes halogenated alkanes) is 1. The van der Waals surface area contributed by atoms with Gasteiger partial charge in [-0.2, -0.15) is 0 Å². The minimum Gasteiger partial charge on any atom is -0.379 e. The summed E-state index contributed by atoms with van der Waals surface area (Å²) in [6, 6.07) is 1.83. The van der Waals surface area contributed by atoms with E-state index in [1.807, 2.05) is 6.07 Å². The molecule has 18 heavy (non-hydrogen) atoms. The van der Waals surface area contributed by atoms with E-state index in [1.54, 1.807) is 12.4 Å². The Labute approximate surface area is 109 Å². The molecule has 1 aromatic heterocycles. The first-order chi connectivity index (χ1) is 8.42. The fourth-order valence-corrected chi connectivity index (χ4v) is 1.55. The van der Waals surface area contributed by atoms with Crippen LogP contribution in [0.5, 0.6) is 0 Å². The molecule has 0 spiro atoms. The monoisotopic (exact) mass is 249 g/mol. The van der Waals surface area contributed by atoms with E-state index < -0.39 is 0 Å². The van der Waals surface area contributed by atoms with Gasteiger partial charge in [-0.1, -0.05) is 13.3 Å². The minimum absolute atomic E-state index is 0.0427. The predicted molar refractivity (Wildman–Crippen MR) is 74.9 cm³/mol. The van der Waals surface area contributed by atoms with Crippen molar-refractivity contribution in [1.29, 1.82) is 0 Å². The lowest BCUT2D eigenvalue weighted by Gasteiger charge is -2.22. The number of anilines is 1. The topological polar surface area (TPSA) is 54.0 Å². The van der Waals surface area contributed by atoms with E-state index in [9.17, 15) is 4.79 Å². The molecule has 2 N–H and O–H groups in total. The number of nitrogens with zero attached hydrogens (tertiary/aromatic N) is 1. The van der Waals surface area contributed by atoms with Gasteiger partial charge in [0.15, 0.2) is 0 Å². The molecular weight excluding hydrogens is 226 g/mol. The van der Waals surface area contributed by atoms with Crippen molar-refractivity contribution in [3.8, 4) is 0 Å². The molecule has 0 saturated heterocycles. The minimum atomic E-state index is -0.0616. The van der Waals surface area contributed by atoms with Crippen LogP contribution in [0.25, 0.3) is 0 Å². The molecule has 0 aliphatic carbocycles. The lowest BCUT2D eigenvalue weighted by atomic mass is 10.1. The van der Waals surface area contributed by atoms with Gasteiger partial charge in [-0.05, 0) is 33.3 Å². The maximum Gasteiger partial charge on any atom is 0.252 e. The fourth-order valence-electron chi connectivity index (χ4n) is 1.55. The number of carbonyl (C=O) groups excluding carboxylic acids is 1. The van der Waals surface area contributed by atoms with Gasteiger partial charge in [0.25, 0.3) is 5.91 Å². The van der Waals surface area contributed by atoms with Gasteiger partial charge in [0, 0.05) is 24.5 Å². The Balaban J connectivity index is 2.66. The van der Waals surface area contributed by atoms with Crippen LogP contribution in [0.4, 0.5) is 5.69 Å². The smallest absolute Gasteiger partial charge is 0.252 e. The van der Waals surface area contributed by atoms with E-state index in [1.165, 1.54) is 0 Å². The molecule has 1 rings (SSSR count).